The zero-order valence-corrected chi connectivity index (χ0v) is 15.0. The van der Waals surface area contributed by atoms with Crippen LogP contribution in [0.5, 0.6) is 0 Å². The average Bonchev–Trinajstić information content (AvgIpc) is 3.39. The van der Waals surface area contributed by atoms with Crippen LogP contribution in [0.2, 0.25) is 0 Å². The van der Waals surface area contributed by atoms with Crippen molar-refractivity contribution < 1.29 is 9.59 Å². The molecule has 2 amide bonds. The minimum Gasteiger partial charge on any atom is -0.337 e. The summed E-state index contributed by atoms with van der Waals surface area (Å²) in [6, 6.07) is 9.97. The van der Waals surface area contributed by atoms with Gasteiger partial charge in [0.2, 0.25) is 5.91 Å². The van der Waals surface area contributed by atoms with Crippen molar-refractivity contribution in [2.75, 3.05) is 13.1 Å². The summed E-state index contributed by atoms with van der Waals surface area (Å²) in [5.74, 6) is -0.157. The second-order valence-corrected chi connectivity index (χ2v) is 7.06. The molecule has 2 aliphatic heterocycles. The van der Waals surface area contributed by atoms with Crippen LogP contribution in [0.15, 0.2) is 41.6 Å². The molecule has 0 N–H and O–H groups in total. The zero-order chi connectivity index (χ0) is 17.9. The maximum atomic E-state index is 13.0. The molecule has 0 radical (unpaired) electrons. The summed E-state index contributed by atoms with van der Waals surface area (Å²) in [4.78, 5) is 27.1. The van der Waals surface area contributed by atoms with Crippen molar-refractivity contribution in [1.82, 2.24) is 18.7 Å². The van der Waals surface area contributed by atoms with Gasteiger partial charge in [-0.15, -0.1) is 0 Å². The molecule has 2 aromatic rings. The second-order valence-electron chi connectivity index (χ2n) is 6.50. The molecule has 0 spiro atoms. The number of nitrogens with zero attached hydrogens (tertiary/aromatic N) is 5. The van der Waals surface area contributed by atoms with Crippen molar-refractivity contribution in [3.8, 4) is 0 Å². The van der Waals surface area contributed by atoms with Gasteiger partial charge in [-0.1, -0.05) is 30.3 Å². The number of amides is 2. The Morgan fingerprint density at radius 3 is 2.58 bits per heavy atom. The summed E-state index contributed by atoms with van der Waals surface area (Å²) >= 11 is 1.03. The molecule has 1 fully saturated rings. The van der Waals surface area contributed by atoms with Crippen molar-refractivity contribution in [3.63, 3.8) is 0 Å². The van der Waals surface area contributed by atoms with Gasteiger partial charge in [0, 0.05) is 31.6 Å². The predicted octanol–water partition coefficient (Wildman–Crippen LogP) is 2.35. The van der Waals surface area contributed by atoms with E-state index in [0.717, 1.165) is 23.7 Å². The molecule has 8 heteroatoms. The Kier molecular flexibility index (Phi) is 4.75. The molecule has 134 valence electrons. The number of hydrogen-bond donors (Lipinski definition) is 0. The highest BCUT2D eigenvalue weighted by Crippen LogP contribution is 2.31. The molecule has 7 nitrogen and oxygen atoms in total. The third kappa shape index (κ3) is 3.24. The molecule has 0 saturated carbocycles. The topological polar surface area (TPSA) is 78.8 Å². The Balaban J connectivity index is 1.39. The van der Waals surface area contributed by atoms with E-state index in [0.29, 0.717) is 31.6 Å². The fourth-order valence-electron chi connectivity index (χ4n) is 3.52. The van der Waals surface area contributed by atoms with Gasteiger partial charge < -0.3 is 4.90 Å². The maximum Gasteiger partial charge on any atom is 0.275 e. The molecule has 2 aliphatic rings. The predicted molar refractivity (Wildman–Crippen MR) is 97.7 cm³/mol. The summed E-state index contributed by atoms with van der Waals surface area (Å²) in [5, 5.41) is 5.95. The van der Waals surface area contributed by atoms with E-state index in [-0.39, 0.29) is 23.8 Å². The Hall–Kier alpha value is -2.61. The van der Waals surface area contributed by atoms with Crippen LogP contribution in [0.1, 0.15) is 41.4 Å². The van der Waals surface area contributed by atoms with Crippen LogP contribution in [0, 0.1) is 5.92 Å². The maximum absolute atomic E-state index is 13.0. The van der Waals surface area contributed by atoms with E-state index in [1.807, 2.05) is 36.5 Å². The van der Waals surface area contributed by atoms with E-state index in [9.17, 15) is 9.59 Å². The molecular weight excluding hydrogens is 350 g/mol. The minimum atomic E-state index is -0.106. The lowest BCUT2D eigenvalue weighted by Gasteiger charge is -2.33. The highest BCUT2D eigenvalue weighted by atomic mass is 32.1. The molecule has 1 aromatic carbocycles. The van der Waals surface area contributed by atoms with E-state index in [4.69, 9.17) is 0 Å². The van der Waals surface area contributed by atoms with Crippen molar-refractivity contribution in [3.05, 3.63) is 47.8 Å². The molecule has 1 atom stereocenters. The van der Waals surface area contributed by atoms with Gasteiger partial charge >= 0.3 is 0 Å². The zero-order valence-electron chi connectivity index (χ0n) is 14.2. The number of hydrazone groups is 1. The van der Waals surface area contributed by atoms with Gasteiger partial charge in [0.25, 0.3) is 5.91 Å². The number of benzene rings is 1. The molecule has 1 unspecified atom stereocenters. The third-order valence-corrected chi connectivity index (χ3v) is 5.43. The first-order valence-corrected chi connectivity index (χ1v) is 9.44. The van der Waals surface area contributed by atoms with Gasteiger partial charge in [0.05, 0.1) is 24.0 Å². The lowest BCUT2D eigenvalue weighted by molar-refractivity contribution is -0.138. The quantitative estimate of drug-likeness (QED) is 0.832. The van der Waals surface area contributed by atoms with E-state index in [1.165, 1.54) is 6.20 Å². The van der Waals surface area contributed by atoms with Crippen molar-refractivity contribution >= 4 is 29.8 Å². The van der Waals surface area contributed by atoms with Crippen molar-refractivity contribution in [2.24, 2.45) is 11.0 Å². The fourth-order valence-corrected chi connectivity index (χ4v) is 3.92. The Morgan fingerprint density at radius 2 is 1.88 bits per heavy atom. The van der Waals surface area contributed by atoms with Crippen LogP contribution in [0.3, 0.4) is 0 Å². The second kappa shape index (κ2) is 7.33. The largest absolute Gasteiger partial charge is 0.337 e. The third-order valence-electron chi connectivity index (χ3n) is 4.95. The number of carbonyl (C=O) groups excluding carboxylic acids is 2. The van der Waals surface area contributed by atoms with Crippen LogP contribution in [0.25, 0.3) is 0 Å². The Bertz CT molecular complexity index is 800. The highest BCUT2D eigenvalue weighted by Gasteiger charge is 2.35. The van der Waals surface area contributed by atoms with E-state index < -0.39 is 0 Å². The summed E-state index contributed by atoms with van der Waals surface area (Å²) in [7, 11) is 0. The van der Waals surface area contributed by atoms with Crippen LogP contribution in [0.4, 0.5) is 0 Å². The van der Waals surface area contributed by atoms with E-state index >= 15 is 0 Å². The number of rotatable bonds is 3. The summed E-state index contributed by atoms with van der Waals surface area (Å²) < 4.78 is 7.87. The van der Waals surface area contributed by atoms with Crippen LogP contribution in [-0.2, 0) is 4.79 Å². The number of piperidine rings is 1. The summed E-state index contributed by atoms with van der Waals surface area (Å²) in [6.07, 6.45) is 5.34. The van der Waals surface area contributed by atoms with E-state index in [1.54, 1.807) is 9.91 Å². The monoisotopic (exact) mass is 369 g/mol. The molecular formula is C18H19N5O2S. The number of likely N-dealkylation sites (tertiary alicyclic amines) is 1. The normalized spacial score (nSPS) is 20.5. The number of aromatic nitrogens is 2. The SMILES string of the molecule is O=C(c1cnsn1)N1CCC(C(=O)N2N=CCC2c2ccccc2)CC1. The van der Waals surface area contributed by atoms with Crippen LogP contribution >= 0.6 is 11.7 Å². The molecule has 0 aliphatic carbocycles. The first-order chi connectivity index (χ1) is 12.7. The lowest BCUT2D eigenvalue weighted by Crippen LogP contribution is -2.43. The van der Waals surface area contributed by atoms with Gasteiger partial charge in [-0.05, 0) is 18.4 Å². The van der Waals surface area contributed by atoms with Crippen LogP contribution in [-0.4, -0.2) is 49.8 Å². The summed E-state index contributed by atoms with van der Waals surface area (Å²) in [6.45, 7) is 1.11. The molecule has 0 bridgehead atoms. The summed E-state index contributed by atoms with van der Waals surface area (Å²) in [5.41, 5.74) is 1.48. The van der Waals surface area contributed by atoms with E-state index in [2.05, 4.69) is 13.8 Å². The molecule has 1 saturated heterocycles. The van der Waals surface area contributed by atoms with Crippen LogP contribution < -0.4 is 0 Å². The van der Waals surface area contributed by atoms with Crippen molar-refractivity contribution in [1.29, 1.82) is 0 Å². The Labute approximate surface area is 155 Å². The van der Waals surface area contributed by atoms with Gasteiger partial charge in [-0.2, -0.15) is 13.8 Å². The first-order valence-electron chi connectivity index (χ1n) is 8.71. The average molecular weight is 369 g/mol. The molecule has 4 rings (SSSR count). The fraction of sp³-hybridized carbons (Fsp3) is 0.389. The van der Waals surface area contributed by atoms with Gasteiger partial charge in [-0.25, -0.2) is 5.01 Å². The molecule has 1 aromatic heterocycles. The van der Waals surface area contributed by atoms with Crippen molar-refractivity contribution in [2.45, 2.75) is 25.3 Å². The first kappa shape index (κ1) is 16.8. The Morgan fingerprint density at radius 1 is 1.12 bits per heavy atom. The number of carbonyl (C=O) groups is 2. The van der Waals surface area contributed by atoms with Gasteiger partial charge in [0.15, 0.2) is 5.69 Å². The highest BCUT2D eigenvalue weighted by molar-refractivity contribution is 6.99. The smallest absolute Gasteiger partial charge is 0.275 e. The molecule has 3 heterocycles. The number of hydrogen-bond acceptors (Lipinski definition) is 6. The minimum absolute atomic E-state index is 0.0237. The standard InChI is InChI=1S/C18H19N5O2S/c24-17(23-16(6-9-19-23)13-4-2-1-3-5-13)14-7-10-22(11-8-14)18(25)15-12-20-26-21-15/h1-5,9,12,14,16H,6-8,10-11H2. The van der Waals surface area contributed by atoms with Gasteiger partial charge in [-0.3, -0.25) is 9.59 Å². The van der Waals surface area contributed by atoms with Gasteiger partial charge in [0.1, 0.15) is 0 Å². The lowest BCUT2D eigenvalue weighted by atomic mass is 9.94. The molecule has 26 heavy (non-hydrogen) atoms.